The Morgan fingerprint density at radius 1 is 0.735 bits per heavy atom. The molecule has 0 radical (unpaired) electrons. The summed E-state index contributed by atoms with van der Waals surface area (Å²) in [5.74, 6) is -0.494. The number of carbonyl (C=O) groups excluding carboxylic acids is 3. The van der Waals surface area contributed by atoms with E-state index in [0.717, 1.165) is 12.8 Å². The highest BCUT2D eigenvalue weighted by Crippen LogP contribution is 1.98. The SMILES string of the molecule is CCCCNC(=O)COCCOCCNC(=O)COCCOCCNC(=O)CC[C@H](N)CCO. The summed E-state index contributed by atoms with van der Waals surface area (Å²) in [4.78, 5) is 34.7. The highest BCUT2D eigenvalue weighted by atomic mass is 16.5. The molecule has 12 nitrogen and oxygen atoms in total. The Morgan fingerprint density at radius 2 is 1.24 bits per heavy atom. The molecule has 0 rings (SSSR count). The quantitative estimate of drug-likeness (QED) is 0.103. The van der Waals surface area contributed by atoms with Crippen LogP contribution in [0.25, 0.3) is 0 Å². The highest BCUT2D eigenvalue weighted by Gasteiger charge is 2.06. The van der Waals surface area contributed by atoms with Crippen molar-refractivity contribution in [3.05, 3.63) is 0 Å². The number of rotatable bonds is 24. The fraction of sp³-hybridized carbons (Fsp3) is 0.864. The molecule has 0 aliphatic heterocycles. The molecule has 0 saturated carbocycles. The Hall–Kier alpha value is -1.83. The van der Waals surface area contributed by atoms with Gasteiger partial charge >= 0.3 is 0 Å². The van der Waals surface area contributed by atoms with Crippen molar-refractivity contribution in [2.75, 3.05) is 79.1 Å². The predicted molar refractivity (Wildman–Crippen MR) is 126 cm³/mol. The molecule has 0 fully saturated rings. The second-order valence-electron chi connectivity index (χ2n) is 7.54. The number of nitrogens with one attached hydrogen (secondary N) is 3. The summed E-state index contributed by atoms with van der Waals surface area (Å²) >= 11 is 0. The van der Waals surface area contributed by atoms with Gasteiger partial charge in [-0.15, -0.1) is 0 Å². The van der Waals surface area contributed by atoms with Gasteiger partial charge in [-0.3, -0.25) is 14.4 Å². The zero-order valence-electron chi connectivity index (χ0n) is 20.5. The molecular weight excluding hydrogens is 448 g/mol. The second-order valence-corrected chi connectivity index (χ2v) is 7.54. The molecule has 0 heterocycles. The molecule has 6 N–H and O–H groups in total. The predicted octanol–water partition coefficient (Wildman–Crippen LogP) is -1.31. The highest BCUT2D eigenvalue weighted by molar-refractivity contribution is 5.77. The van der Waals surface area contributed by atoms with E-state index in [4.69, 9.17) is 29.8 Å². The number of hydrogen-bond acceptors (Lipinski definition) is 9. The molecule has 0 unspecified atom stereocenters. The number of aliphatic hydroxyl groups is 1. The van der Waals surface area contributed by atoms with Crippen LogP contribution in [-0.2, 0) is 33.3 Å². The van der Waals surface area contributed by atoms with Gasteiger partial charge in [0.25, 0.3) is 0 Å². The number of ether oxygens (including phenoxy) is 4. The van der Waals surface area contributed by atoms with Crippen LogP contribution in [0.3, 0.4) is 0 Å². The Balaban J connectivity index is 3.35. The summed E-state index contributed by atoms with van der Waals surface area (Å²) in [6.45, 7) is 5.29. The van der Waals surface area contributed by atoms with E-state index in [1.165, 1.54) is 0 Å². The van der Waals surface area contributed by atoms with Crippen LogP contribution in [-0.4, -0.2) is 108 Å². The first-order chi connectivity index (χ1) is 16.5. The molecule has 0 bridgehead atoms. The molecule has 1 atom stereocenters. The van der Waals surface area contributed by atoms with Gasteiger partial charge in [-0.1, -0.05) is 13.3 Å². The van der Waals surface area contributed by atoms with Crippen LogP contribution >= 0.6 is 0 Å². The van der Waals surface area contributed by atoms with Gasteiger partial charge < -0.3 is 45.7 Å². The molecule has 34 heavy (non-hydrogen) atoms. The monoisotopic (exact) mass is 492 g/mol. The van der Waals surface area contributed by atoms with Gasteiger partial charge in [-0.05, 0) is 19.3 Å². The van der Waals surface area contributed by atoms with Gasteiger partial charge in [-0.2, -0.15) is 0 Å². The van der Waals surface area contributed by atoms with Crippen LogP contribution in [0.15, 0.2) is 0 Å². The zero-order chi connectivity index (χ0) is 25.3. The Labute approximate surface area is 202 Å². The first kappa shape index (κ1) is 32.2. The molecular formula is C22H44N4O8. The number of amides is 3. The fourth-order valence-corrected chi connectivity index (χ4v) is 2.52. The van der Waals surface area contributed by atoms with E-state index in [-0.39, 0.29) is 50.2 Å². The van der Waals surface area contributed by atoms with E-state index in [0.29, 0.717) is 71.9 Å². The lowest BCUT2D eigenvalue weighted by Gasteiger charge is -2.10. The number of nitrogens with two attached hydrogens (primary N) is 1. The number of carbonyl (C=O) groups is 3. The van der Waals surface area contributed by atoms with E-state index in [1.54, 1.807) is 0 Å². The third-order valence-corrected chi connectivity index (χ3v) is 4.44. The maximum Gasteiger partial charge on any atom is 0.246 e. The molecule has 3 amide bonds. The fourth-order valence-electron chi connectivity index (χ4n) is 2.52. The van der Waals surface area contributed by atoms with Crippen molar-refractivity contribution in [1.29, 1.82) is 0 Å². The van der Waals surface area contributed by atoms with Crippen molar-refractivity contribution in [2.45, 2.75) is 45.1 Å². The van der Waals surface area contributed by atoms with Gasteiger partial charge in [0.1, 0.15) is 13.2 Å². The van der Waals surface area contributed by atoms with Crippen molar-refractivity contribution in [1.82, 2.24) is 16.0 Å². The first-order valence-electron chi connectivity index (χ1n) is 12.0. The van der Waals surface area contributed by atoms with E-state index in [9.17, 15) is 14.4 Å². The van der Waals surface area contributed by atoms with Crippen LogP contribution in [0.5, 0.6) is 0 Å². The van der Waals surface area contributed by atoms with Crippen LogP contribution in [0.4, 0.5) is 0 Å². The molecule has 0 aromatic rings. The summed E-state index contributed by atoms with van der Waals surface area (Å²) < 4.78 is 21.1. The lowest BCUT2D eigenvalue weighted by molar-refractivity contribution is -0.127. The zero-order valence-corrected chi connectivity index (χ0v) is 20.5. The Kier molecular flexibility index (Phi) is 23.0. The van der Waals surface area contributed by atoms with Gasteiger partial charge in [0.2, 0.25) is 17.7 Å². The van der Waals surface area contributed by atoms with E-state index < -0.39 is 0 Å². The van der Waals surface area contributed by atoms with Crippen molar-refractivity contribution >= 4 is 17.7 Å². The van der Waals surface area contributed by atoms with Crippen molar-refractivity contribution in [3.63, 3.8) is 0 Å². The van der Waals surface area contributed by atoms with E-state index >= 15 is 0 Å². The topological polar surface area (TPSA) is 170 Å². The summed E-state index contributed by atoms with van der Waals surface area (Å²) in [6, 6.07) is -0.172. The van der Waals surface area contributed by atoms with Crippen molar-refractivity contribution in [2.24, 2.45) is 5.73 Å². The molecule has 0 aliphatic rings. The average molecular weight is 493 g/mol. The Morgan fingerprint density at radius 3 is 1.76 bits per heavy atom. The minimum Gasteiger partial charge on any atom is -0.396 e. The number of hydrogen-bond donors (Lipinski definition) is 5. The van der Waals surface area contributed by atoms with Crippen LogP contribution in [0.1, 0.15) is 39.0 Å². The van der Waals surface area contributed by atoms with Gasteiger partial charge in [0.05, 0.1) is 39.6 Å². The van der Waals surface area contributed by atoms with Crippen molar-refractivity contribution < 1.29 is 38.4 Å². The van der Waals surface area contributed by atoms with Gasteiger partial charge in [0.15, 0.2) is 0 Å². The third-order valence-electron chi connectivity index (χ3n) is 4.44. The molecule has 12 heteroatoms. The lowest BCUT2D eigenvalue weighted by Crippen LogP contribution is -2.32. The first-order valence-corrected chi connectivity index (χ1v) is 12.0. The summed E-state index contributed by atoms with van der Waals surface area (Å²) in [5.41, 5.74) is 5.73. The molecule has 0 aromatic carbocycles. The van der Waals surface area contributed by atoms with Crippen molar-refractivity contribution in [3.8, 4) is 0 Å². The maximum atomic E-state index is 11.6. The second kappa shape index (κ2) is 24.3. The van der Waals surface area contributed by atoms with Gasteiger partial charge in [0, 0.05) is 38.7 Å². The molecule has 0 saturated heterocycles. The van der Waals surface area contributed by atoms with E-state index in [2.05, 4.69) is 22.9 Å². The normalized spacial score (nSPS) is 11.7. The summed E-state index contributed by atoms with van der Waals surface area (Å²) in [5, 5.41) is 16.9. The van der Waals surface area contributed by atoms with Crippen LogP contribution in [0, 0.1) is 0 Å². The number of unbranched alkanes of at least 4 members (excludes halogenated alkanes) is 1. The molecule has 200 valence electrons. The summed E-state index contributed by atoms with van der Waals surface area (Å²) in [7, 11) is 0. The smallest absolute Gasteiger partial charge is 0.246 e. The molecule has 0 spiro atoms. The molecule has 0 aromatic heterocycles. The minimum atomic E-state index is -0.254. The van der Waals surface area contributed by atoms with Crippen LogP contribution in [0.2, 0.25) is 0 Å². The minimum absolute atomic E-state index is 0.0147. The Bertz CT molecular complexity index is 525. The molecule has 0 aliphatic carbocycles. The largest absolute Gasteiger partial charge is 0.396 e. The third kappa shape index (κ3) is 23.3. The van der Waals surface area contributed by atoms with E-state index in [1.807, 2.05) is 0 Å². The lowest BCUT2D eigenvalue weighted by atomic mass is 10.1. The number of aliphatic hydroxyl groups excluding tert-OH is 1. The van der Waals surface area contributed by atoms with Gasteiger partial charge in [-0.25, -0.2) is 0 Å². The average Bonchev–Trinajstić information content (AvgIpc) is 2.81. The standard InChI is InChI=1S/C22H44N4O8/c1-2-3-7-24-21(29)17-33-15-14-32-12-9-26-22(30)18-34-16-13-31-11-8-25-20(28)5-4-19(23)6-10-27/h19,27H,2-18,23H2,1H3,(H,24,29)(H,25,28)(H,26,30)/t19-/m0/s1. The maximum absolute atomic E-state index is 11.6. The van der Waals surface area contributed by atoms with Crippen LogP contribution < -0.4 is 21.7 Å². The summed E-state index contributed by atoms with van der Waals surface area (Å²) in [6.07, 6.45) is 3.31.